The van der Waals surface area contributed by atoms with E-state index < -0.39 is 9.84 Å². The van der Waals surface area contributed by atoms with Gasteiger partial charge in [-0.1, -0.05) is 19.8 Å². The number of amides is 1. The van der Waals surface area contributed by atoms with Gasteiger partial charge in [-0.05, 0) is 30.7 Å². The molecular weight excluding hydrogens is 352 g/mol. The topological polar surface area (TPSA) is 98.5 Å². The molecule has 1 aromatic carbocycles. The monoisotopic (exact) mass is 378 g/mol. The Balaban J connectivity index is 0.00000529. The van der Waals surface area contributed by atoms with Gasteiger partial charge in [0.2, 0.25) is 0 Å². The van der Waals surface area contributed by atoms with Gasteiger partial charge in [-0.2, -0.15) is 0 Å². The number of nitrogens with two attached hydrogens (primary N) is 1. The van der Waals surface area contributed by atoms with Crippen molar-refractivity contribution >= 4 is 28.2 Å². The van der Waals surface area contributed by atoms with Crippen molar-refractivity contribution in [1.82, 2.24) is 5.32 Å². The number of carbonyl (C=O) groups is 1. The Labute approximate surface area is 150 Å². The van der Waals surface area contributed by atoms with Gasteiger partial charge in [-0.25, -0.2) is 8.42 Å². The minimum absolute atomic E-state index is 0. The van der Waals surface area contributed by atoms with E-state index in [2.05, 4.69) is 12.2 Å². The second-order valence-electron chi connectivity index (χ2n) is 5.38. The summed E-state index contributed by atoms with van der Waals surface area (Å²) in [6, 6.07) is 5.87. The predicted octanol–water partition coefficient (Wildman–Crippen LogP) is 1.78. The summed E-state index contributed by atoms with van der Waals surface area (Å²) in [6.45, 7) is 2.60. The maximum absolute atomic E-state index is 12.2. The second kappa shape index (κ2) is 11.4. The SMILES string of the molecule is CCCCC(CN)NC(=O)c1ccc(S(=O)(=O)CCOC)cc1.Cl. The molecule has 1 atom stereocenters. The molecular formula is C16H27ClN2O4S. The number of carbonyl (C=O) groups excluding carboxylic acids is 1. The highest BCUT2D eigenvalue weighted by molar-refractivity contribution is 7.91. The summed E-state index contributed by atoms with van der Waals surface area (Å²) in [7, 11) is -1.93. The van der Waals surface area contributed by atoms with Gasteiger partial charge < -0.3 is 15.8 Å². The van der Waals surface area contributed by atoms with E-state index in [9.17, 15) is 13.2 Å². The average Bonchev–Trinajstić information content (AvgIpc) is 2.56. The van der Waals surface area contributed by atoms with Crippen molar-refractivity contribution in [3.05, 3.63) is 29.8 Å². The summed E-state index contributed by atoms with van der Waals surface area (Å²) < 4.78 is 28.8. The fourth-order valence-electron chi connectivity index (χ4n) is 2.09. The normalized spacial score (nSPS) is 12.3. The Morgan fingerprint density at radius 2 is 1.92 bits per heavy atom. The molecule has 6 nitrogen and oxygen atoms in total. The molecule has 0 fully saturated rings. The van der Waals surface area contributed by atoms with Crippen molar-refractivity contribution in [2.75, 3.05) is 26.0 Å². The first kappa shape index (κ1) is 22.9. The number of sulfone groups is 1. The van der Waals surface area contributed by atoms with Gasteiger partial charge in [0.25, 0.3) is 5.91 Å². The maximum atomic E-state index is 12.2. The molecule has 8 heteroatoms. The lowest BCUT2D eigenvalue weighted by molar-refractivity contribution is 0.0935. The summed E-state index contributed by atoms with van der Waals surface area (Å²) in [4.78, 5) is 12.4. The molecule has 0 aromatic heterocycles. The van der Waals surface area contributed by atoms with Crippen molar-refractivity contribution < 1.29 is 17.9 Å². The summed E-state index contributed by atoms with van der Waals surface area (Å²) in [6.07, 6.45) is 2.88. The molecule has 0 saturated carbocycles. The van der Waals surface area contributed by atoms with Crippen LogP contribution in [0.15, 0.2) is 29.2 Å². The highest BCUT2D eigenvalue weighted by Gasteiger charge is 2.16. The van der Waals surface area contributed by atoms with E-state index in [-0.39, 0.29) is 41.6 Å². The number of hydrogen-bond donors (Lipinski definition) is 2. The first-order valence-electron chi connectivity index (χ1n) is 7.77. The van der Waals surface area contributed by atoms with Crippen LogP contribution in [0.5, 0.6) is 0 Å². The number of unbranched alkanes of at least 4 members (excludes halogenated alkanes) is 1. The van der Waals surface area contributed by atoms with Crippen LogP contribution in [0.25, 0.3) is 0 Å². The molecule has 0 radical (unpaired) electrons. The second-order valence-corrected chi connectivity index (χ2v) is 7.49. The highest BCUT2D eigenvalue weighted by Crippen LogP contribution is 2.13. The summed E-state index contributed by atoms with van der Waals surface area (Å²) in [5.41, 5.74) is 6.08. The van der Waals surface area contributed by atoms with E-state index in [0.29, 0.717) is 12.1 Å². The van der Waals surface area contributed by atoms with Crippen LogP contribution in [0.4, 0.5) is 0 Å². The lowest BCUT2D eigenvalue weighted by Crippen LogP contribution is -2.40. The Bertz CT molecular complexity index is 591. The zero-order valence-corrected chi connectivity index (χ0v) is 15.8. The molecule has 0 saturated heterocycles. The largest absolute Gasteiger partial charge is 0.384 e. The van der Waals surface area contributed by atoms with Gasteiger partial charge in [0.15, 0.2) is 9.84 Å². The zero-order chi connectivity index (χ0) is 17.3. The van der Waals surface area contributed by atoms with E-state index in [1.165, 1.54) is 31.4 Å². The Morgan fingerprint density at radius 1 is 1.29 bits per heavy atom. The number of nitrogens with one attached hydrogen (secondary N) is 1. The van der Waals surface area contributed by atoms with Crippen LogP contribution in [0, 0.1) is 0 Å². The van der Waals surface area contributed by atoms with Crippen LogP contribution in [-0.4, -0.2) is 46.4 Å². The standard InChI is InChI=1S/C16H26N2O4S.ClH/c1-3-4-5-14(12-17)18-16(19)13-6-8-15(9-7-13)23(20,21)11-10-22-2;/h6-9,14H,3-5,10-12,17H2,1-2H3,(H,18,19);1H. The number of rotatable bonds is 10. The van der Waals surface area contributed by atoms with Crippen LogP contribution in [0.3, 0.4) is 0 Å². The lowest BCUT2D eigenvalue weighted by atomic mass is 10.1. The molecule has 1 unspecified atom stereocenters. The molecule has 0 aliphatic carbocycles. The maximum Gasteiger partial charge on any atom is 0.251 e. The Hall–Kier alpha value is -1.15. The van der Waals surface area contributed by atoms with Gasteiger partial charge in [0, 0.05) is 25.3 Å². The summed E-state index contributed by atoms with van der Waals surface area (Å²) >= 11 is 0. The Kier molecular flexibility index (Phi) is 10.9. The van der Waals surface area contributed by atoms with E-state index in [4.69, 9.17) is 10.5 Å². The van der Waals surface area contributed by atoms with E-state index in [1.54, 1.807) is 0 Å². The van der Waals surface area contributed by atoms with E-state index in [0.717, 1.165) is 19.3 Å². The van der Waals surface area contributed by atoms with Crippen molar-refractivity contribution in [3.8, 4) is 0 Å². The number of ether oxygens (including phenoxy) is 1. The van der Waals surface area contributed by atoms with Crippen molar-refractivity contribution in [1.29, 1.82) is 0 Å². The highest BCUT2D eigenvalue weighted by atomic mass is 35.5. The smallest absolute Gasteiger partial charge is 0.251 e. The molecule has 138 valence electrons. The van der Waals surface area contributed by atoms with Gasteiger partial charge >= 0.3 is 0 Å². The van der Waals surface area contributed by atoms with Crippen LogP contribution >= 0.6 is 12.4 Å². The summed E-state index contributed by atoms with van der Waals surface area (Å²) in [5.74, 6) is -0.321. The van der Waals surface area contributed by atoms with Crippen LogP contribution in [0.2, 0.25) is 0 Å². The minimum Gasteiger partial charge on any atom is -0.384 e. The van der Waals surface area contributed by atoms with Crippen molar-refractivity contribution in [2.45, 2.75) is 37.1 Å². The van der Waals surface area contributed by atoms with E-state index >= 15 is 0 Å². The molecule has 0 heterocycles. The minimum atomic E-state index is -3.38. The molecule has 1 rings (SSSR count). The summed E-state index contributed by atoms with van der Waals surface area (Å²) in [5, 5.41) is 2.88. The first-order chi connectivity index (χ1) is 10.9. The molecule has 1 aromatic rings. The number of hydrogen-bond acceptors (Lipinski definition) is 5. The lowest BCUT2D eigenvalue weighted by Gasteiger charge is -2.16. The number of halogens is 1. The molecule has 1 amide bonds. The van der Waals surface area contributed by atoms with Crippen molar-refractivity contribution in [2.24, 2.45) is 5.73 Å². The van der Waals surface area contributed by atoms with Crippen LogP contribution in [0.1, 0.15) is 36.5 Å². The molecule has 24 heavy (non-hydrogen) atoms. The Morgan fingerprint density at radius 3 is 2.42 bits per heavy atom. The number of benzene rings is 1. The third kappa shape index (κ3) is 7.17. The first-order valence-corrected chi connectivity index (χ1v) is 9.42. The molecule has 0 bridgehead atoms. The third-order valence-corrected chi connectivity index (χ3v) is 5.25. The quantitative estimate of drug-likeness (QED) is 0.646. The average molecular weight is 379 g/mol. The van der Waals surface area contributed by atoms with Gasteiger partial charge in [-0.3, -0.25) is 4.79 Å². The van der Waals surface area contributed by atoms with E-state index in [1.807, 2.05) is 0 Å². The van der Waals surface area contributed by atoms with Gasteiger partial charge in [-0.15, -0.1) is 12.4 Å². The van der Waals surface area contributed by atoms with Crippen molar-refractivity contribution in [3.63, 3.8) is 0 Å². The van der Waals surface area contributed by atoms with Gasteiger partial charge in [0.1, 0.15) is 0 Å². The third-order valence-electron chi connectivity index (χ3n) is 3.56. The molecule has 3 N–H and O–H groups in total. The van der Waals surface area contributed by atoms with Crippen LogP contribution < -0.4 is 11.1 Å². The fraction of sp³-hybridized carbons (Fsp3) is 0.562. The molecule has 0 aliphatic rings. The zero-order valence-electron chi connectivity index (χ0n) is 14.2. The number of methoxy groups -OCH3 is 1. The fourth-order valence-corrected chi connectivity index (χ4v) is 3.27. The van der Waals surface area contributed by atoms with Gasteiger partial charge in [0.05, 0.1) is 17.3 Å². The molecule has 0 aliphatic heterocycles. The van der Waals surface area contributed by atoms with Crippen LogP contribution in [-0.2, 0) is 14.6 Å². The molecule has 0 spiro atoms. The predicted molar refractivity (Wildman–Crippen MR) is 97.5 cm³/mol.